The molecule has 1 aliphatic heterocycles. The summed E-state index contributed by atoms with van der Waals surface area (Å²) in [7, 11) is 1.44. The average molecular weight is 129 g/mol. The van der Waals surface area contributed by atoms with Crippen LogP contribution in [0, 0.1) is 0 Å². The maximum Gasteiger partial charge on any atom is 0.344 e. The smallest absolute Gasteiger partial charge is 0.344 e. The Hall–Kier alpha value is -0.545. The van der Waals surface area contributed by atoms with Crippen molar-refractivity contribution in [3.8, 4) is 0 Å². The molecule has 1 saturated heterocycles. The van der Waals surface area contributed by atoms with Gasteiger partial charge in [0.15, 0.2) is 6.10 Å². The number of hydrogen-bond donors (Lipinski definition) is 1. The Labute approximate surface area is 53.0 Å². The van der Waals surface area contributed by atoms with E-state index in [2.05, 4.69) is 9.69 Å². The molecule has 1 aliphatic rings. The first-order valence-electron chi connectivity index (χ1n) is 2.67. The van der Waals surface area contributed by atoms with Crippen molar-refractivity contribution in [2.45, 2.75) is 18.8 Å². The van der Waals surface area contributed by atoms with E-state index in [0.29, 0.717) is 12.7 Å². The number of rotatable bonds is 1. The molecule has 0 spiro atoms. The molecule has 1 atom stereocenters. The molecular formula is C4H6BO4. The molecule has 5 heteroatoms. The van der Waals surface area contributed by atoms with Crippen LogP contribution in [0.3, 0.4) is 0 Å². The summed E-state index contributed by atoms with van der Waals surface area (Å²) in [5.41, 5.74) is 0. The van der Waals surface area contributed by atoms with E-state index in [1.54, 1.807) is 0 Å². The molecule has 1 fully saturated rings. The van der Waals surface area contributed by atoms with Gasteiger partial charge in [-0.25, -0.2) is 9.68 Å². The Morgan fingerprint density at radius 1 is 1.78 bits per heavy atom. The van der Waals surface area contributed by atoms with Gasteiger partial charge in [0.25, 0.3) is 0 Å². The Balaban J connectivity index is 2.31. The maximum absolute atomic E-state index is 10.1. The van der Waals surface area contributed by atoms with Gasteiger partial charge in [-0.2, -0.15) is 0 Å². The highest BCUT2D eigenvalue weighted by molar-refractivity contribution is 6.26. The van der Waals surface area contributed by atoms with Crippen LogP contribution >= 0.6 is 0 Å². The van der Waals surface area contributed by atoms with Gasteiger partial charge in [0.2, 0.25) is 0 Å². The minimum atomic E-state index is -0.969. The third-order valence-electron chi connectivity index (χ3n) is 1.06. The van der Waals surface area contributed by atoms with E-state index in [9.17, 15) is 4.79 Å². The highest BCUT2D eigenvalue weighted by Gasteiger charge is 2.22. The Kier molecular flexibility index (Phi) is 2.08. The van der Waals surface area contributed by atoms with Gasteiger partial charge in [-0.15, -0.1) is 0 Å². The zero-order chi connectivity index (χ0) is 6.69. The van der Waals surface area contributed by atoms with Gasteiger partial charge < -0.3 is 9.91 Å². The van der Waals surface area contributed by atoms with E-state index in [1.165, 1.54) is 7.48 Å². The van der Waals surface area contributed by atoms with E-state index in [1.807, 2.05) is 0 Å². The summed E-state index contributed by atoms with van der Waals surface area (Å²) < 4.78 is 0. The van der Waals surface area contributed by atoms with E-state index >= 15 is 0 Å². The monoisotopic (exact) mass is 129 g/mol. The number of aliphatic carboxylic acids is 1. The van der Waals surface area contributed by atoms with Crippen molar-refractivity contribution in [3.63, 3.8) is 0 Å². The quantitative estimate of drug-likeness (QED) is 0.394. The summed E-state index contributed by atoms with van der Waals surface area (Å²) in [5, 5.41) is 8.32. The predicted molar refractivity (Wildman–Crippen MR) is 28.8 cm³/mol. The largest absolute Gasteiger partial charge is 0.479 e. The van der Waals surface area contributed by atoms with Crippen LogP contribution < -0.4 is 0 Å². The first-order valence-corrected chi connectivity index (χ1v) is 2.67. The molecule has 0 aromatic carbocycles. The van der Waals surface area contributed by atoms with Crippen molar-refractivity contribution >= 4 is 13.5 Å². The van der Waals surface area contributed by atoms with E-state index < -0.39 is 12.1 Å². The molecule has 1 radical (unpaired) electrons. The zero-order valence-electron chi connectivity index (χ0n) is 4.74. The lowest BCUT2D eigenvalue weighted by molar-refractivity contribution is -0.257. The molecule has 49 valence electrons. The fraction of sp³-hybridized carbons (Fsp3) is 0.750. The van der Waals surface area contributed by atoms with Crippen LogP contribution in [0.25, 0.3) is 0 Å². The van der Waals surface area contributed by atoms with Crippen LogP contribution in [-0.2, 0) is 14.5 Å². The molecular weight excluding hydrogens is 123 g/mol. The second-order valence-corrected chi connectivity index (χ2v) is 1.76. The van der Waals surface area contributed by atoms with Crippen LogP contribution in [0.5, 0.6) is 0 Å². The first-order chi connectivity index (χ1) is 4.30. The molecule has 0 aromatic rings. The minimum Gasteiger partial charge on any atom is -0.479 e. The normalized spacial score (nSPS) is 26.9. The van der Waals surface area contributed by atoms with Gasteiger partial charge >= 0.3 is 13.5 Å². The topological polar surface area (TPSA) is 55.8 Å². The lowest BCUT2D eigenvalue weighted by Crippen LogP contribution is -2.29. The standard InChI is InChI=1S/C4H6BO4/c6-4(7)3-1-2-5-9-8-3/h3H,1-2H2,(H,6,7). The van der Waals surface area contributed by atoms with Gasteiger partial charge in [-0.3, -0.25) is 0 Å². The molecule has 0 amide bonds. The minimum absolute atomic E-state index is 0.495. The fourth-order valence-electron chi connectivity index (χ4n) is 0.587. The first kappa shape index (κ1) is 6.57. The van der Waals surface area contributed by atoms with Crippen LogP contribution in [0.2, 0.25) is 6.32 Å². The highest BCUT2D eigenvalue weighted by Crippen LogP contribution is 2.08. The third kappa shape index (κ3) is 1.69. The SMILES string of the molecule is O=C(O)C1CC[B]OO1. The van der Waals surface area contributed by atoms with Crippen molar-refractivity contribution < 1.29 is 19.6 Å². The second-order valence-electron chi connectivity index (χ2n) is 1.76. The molecule has 0 bridgehead atoms. The van der Waals surface area contributed by atoms with Crippen LogP contribution in [0.1, 0.15) is 6.42 Å². The second kappa shape index (κ2) is 2.84. The van der Waals surface area contributed by atoms with Gasteiger partial charge in [-0.1, -0.05) is 0 Å². The lowest BCUT2D eigenvalue weighted by atomic mass is 9.90. The molecule has 1 N–H and O–H groups in total. The molecule has 4 nitrogen and oxygen atoms in total. The lowest BCUT2D eigenvalue weighted by Gasteiger charge is -2.16. The molecule has 1 unspecified atom stereocenters. The van der Waals surface area contributed by atoms with E-state index in [0.717, 1.165) is 0 Å². The Morgan fingerprint density at radius 3 is 2.89 bits per heavy atom. The fourth-order valence-corrected chi connectivity index (χ4v) is 0.587. The van der Waals surface area contributed by atoms with Crippen molar-refractivity contribution in [3.05, 3.63) is 0 Å². The molecule has 0 saturated carbocycles. The summed E-state index contributed by atoms with van der Waals surface area (Å²) in [5.74, 6) is -0.969. The van der Waals surface area contributed by atoms with Crippen molar-refractivity contribution in [2.75, 3.05) is 0 Å². The summed E-state index contributed by atoms with van der Waals surface area (Å²) in [6.45, 7) is 0. The number of carboxylic acids is 1. The van der Waals surface area contributed by atoms with Crippen LogP contribution in [0.4, 0.5) is 0 Å². The third-order valence-corrected chi connectivity index (χ3v) is 1.06. The molecule has 0 aliphatic carbocycles. The Bertz CT molecular complexity index is 109. The van der Waals surface area contributed by atoms with Gasteiger partial charge in [0, 0.05) is 0 Å². The summed E-state index contributed by atoms with van der Waals surface area (Å²) in [6.07, 6.45) is 0.349. The van der Waals surface area contributed by atoms with Crippen molar-refractivity contribution in [1.82, 2.24) is 0 Å². The zero-order valence-corrected chi connectivity index (χ0v) is 4.74. The summed E-state index contributed by atoms with van der Waals surface area (Å²) >= 11 is 0. The molecule has 1 heterocycles. The summed E-state index contributed by atoms with van der Waals surface area (Å²) in [4.78, 5) is 18.9. The number of carboxylic acid groups (broad SMARTS) is 1. The van der Waals surface area contributed by atoms with Gasteiger partial charge in [0.1, 0.15) is 0 Å². The predicted octanol–water partition coefficient (Wildman–Crippen LogP) is -0.171. The Morgan fingerprint density at radius 2 is 2.56 bits per heavy atom. The number of carbonyl (C=O) groups is 1. The number of hydrogen-bond acceptors (Lipinski definition) is 3. The van der Waals surface area contributed by atoms with Crippen LogP contribution in [-0.4, -0.2) is 24.7 Å². The van der Waals surface area contributed by atoms with Gasteiger partial charge in [-0.05, 0) is 12.7 Å². The van der Waals surface area contributed by atoms with E-state index in [4.69, 9.17) is 5.11 Å². The van der Waals surface area contributed by atoms with Gasteiger partial charge in [0.05, 0.1) is 0 Å². The van der Waals surface area contributed by atoms with Crippen LogP contribution in [0.15, 0.2) is 0 Å². The molecule has 1 rings (SSSR count). The molecule has 0 aromatic heterocycles. The highest BCUT2D eigenvalue weighted by atomic mass is 17.2. The van der Waals surface area contributed by atoms with Crippen molar-refractivity contribution in [2.24, 2.45) is 0 Å². The van der Waals surface area contributed by atoms with E-state index in [-0.39, 0.29) is 0 Å². The molecule has 9 heavy (non-hydrogen) atoms. The maximum atomic E-state index is 10.1. The summed E-state index contributed by atoms with van der Waals surface area (Å²) in [6, 6.07) is 0. The van der Waals surface area contributed by atoms with Crippen molar-refractivity contribution in [1.29, 1.82) is 0 Å². The average Bonchev–Trinajstić information content (AvgIpc) is 1.90.